The van der Waals surface area contributed by atoms with Crippen molar-refractivity contribution >= 4 is 11.8 Å². The van der Waals surface area contributed by atoms with E-state index in [1.807, 2.05) is 17.0 Å². The Balaban J connectivity index is 1.83. The number of hydrogen-bond donors (Lipinski definition) is 1. The van der Waals surface area contributed by atoms with Gasteiger partial charge in [0.1, 0.15) is 5.75 Å². The van der Waals surface area contributed by atoms with Gasteiger partial charge in [-0.15, -0.1) is 0 Å². The molecule has 7 heteroatoms. The lowest BCUT2D eigenvalue weighted by Gasteiger charge is -2.35. The summed E-state index contributed by atoms with van der Waals surface area (Å²) in [6, 6.07) is 12.9. The van der Waals surface area contributed by atoms with E-state index in [2.05, 4.69) is 0 Å². The zero-order valence-corrected chi connectivity index (χ0v) is 18.1. The number of hydrogen-bond acceptors (Lipinski definition) is 5. The molecule has 0 aliphatic heterocycles. The van der Waals surface area contributed by atoms with E-state index in [0.29, 0.717) is 23.6 Å². The SMILES string of the molecule is COc1ccc(C(=O)N(Cc2ccc(OCC(N)=O)c(OC)c2)C2CCCCC2)cc1. The number of primary amides is 1. The normalized spacial score (nSPS) is 14.0. The fraction of sp³-hybridized carbons (Fsp3) is 0.417. The minimum absolute atomic E-state index is 0.00238. The van der Waals surface area contributed by atoms with Crippen molar-refractivity contribution < 1.29 is 23.8 Å². The van der Waals surface area contributed by atoms with Crippen LogP contribution in [0.5, 0.6) is 17.2 Å². The number of nitrogens with zero attached hydrogens (tertiary/aromatic N) is 1. The minimum atomic E-state index is -0.556. The first kappa shape index (κ1) is 22.5. The highest BCUT2D eigenvalue weighted by molar-refractivity contribution is 5.94. The van der Waals surface area contributed by atoms with Crippen LogP contribution in [0.1, 0.15) is 48.0 Å². The van der Waals surface area contributed by atoms with Gasteiger partial charge in [-0.3, -0.25) is 9.59 Å². The molecule has 7 nitrogen and oxygen atoms in total. The molecule has 0 unspecified atom stereocenters. The number of carbonyl (C=O) groups is 2. The van der Waals surface area contributed by atoms with Crippen molar-refractivity contribution in [3.8, 4) is 17.2 Å². The fourth-order valence-corrected chi connectivity index (χ4v) is 3.93. The number of benzene rings is 2. The first-order valence-corrected chi connectivity index (χ1v) is 10.5. The van der Waals surface area contributed by atoms with Gasteiger partial charge in [-0.1, -0.05) is 25.3 Å². The van der Waals surface area contributed by atoms with Crippen molar-refractivity contribution in [3.05, 3.63) is 53.6 Å². The van der Waals surface area contributed by atoms with Gasteiger partial charge < -0.3 is 24.8 Å². The molecule has 0 saturated heterocycles. The van der Waals surface area contributed by atoms with Gasteiger partial charge >= 0.3 is 0 Å². The Morgan fingerprint density at radius 2 is 1.68 bits per heavy atom. The summed E-state index contributed by atoms with van der Waals surface area (Å²) in [5.41, 5.74) is 6.73. The van der Waals surface area contributed by atoms with Gasteiger partial charge in [0.2, 0.25) is 0 Å². The highest BCUT2D eigenvalue weighted by Crippen LogP contribution is 2.31. The molecule has 0 radical (unpaired) electrons. The van der Waals surface area contributed by atoms with Crippen LogP contribution < -0.4 is 19.9 Å². The lowest BCUT2D eigenvalue weighted by molar-refractivity contribution is -0.119. The van der Waals surface area contributed by atoms with Crippen molar-refractivity contribution in [1.29, 1.82) is 0 Å². The monoisotopic (exact) mass is 426 g/mol. The van der Waals surface area contributed by atoms with Crippen LogP contribution in [0.15, 0.2) is 42.5 Å². The van der Waals surface area contributed by atoms with Crippen LogP contribution in [-0.4, -0.2) is 43.6 Å². The van der Waals surface area contributed by atoms with Crippen LogP contribution in [0.3, 0.4) is 0 Å². The highest BCUT2D eigenvalue weighted by atomic mass is 16.5. The molecule has 1 saturated carbocycles. The van der Waals surface area contributed by atoms with Gasteiger partial charge in [0.25, 0.3) is 11.8 Å². The molecule has 1 aliphatic rings. The quantitative estimate of drug-likeness (QED) is 0.662. The van der Waals surface area contributed by atoms with Gasteiger partial charge in [0.05, 0.1) is 14.2 Å². The molecule has 1 fully saturated rings. The fourth-order valence-electron chi connectivity index (χ4n) is 3.93. The van der Waals surface area contributed by atoms with Crippen molar-refractivity contribution in [2.45, 2.75) is 44.7 Å². The van der Waals surface area contributed by atoms with E-state index in [-0.39, 0.29) is 18.6 Å². The lowest BCUT2D eigenvalue weighted by Crippen LogP contribution is -2.41. The summed E-state index contributed by atoms with van der Waals surface area (Å²) in [6.07, 6.45) is 5.46. The zero-order chi connectivity index (χ0) is 22.2. The Labute approximate surface area is 183 Å². The Hall–Kier alpha value is -3.22. The molecule has 2 aromatic carbocycles. The van der Waals surface area contributed by atoms with Gasteiger partial charge in [-0.2, -0.15) is 0 Å². The molecule has 0 aromatic heterocycles. The van der Waals surface area contributed by atoms with Crippen LogP contribution in [0.25, 0.3) is 0 Å². The van der Waals surface area contributed by atoms with Crippen LogP contribution >= 0.6 is 0 Å². The third kappa shape index (κ3) is 5.90. The number of amides is 2. The minimum Gasteiger partial charge on any atom is -0.497 e. The van der Waals surface area contributed by atoms with Crippen LogP contribution in [0.4, 0.5) is 0 Å². The van der Waals surface area contributed by atoms with E-state index >= 15 is 0 Å². The summed E-state index contributed by atoms with van der Waals surface area (Å²) >= 11 is 0. The zero-order valence-electron chi connectivity index (χ0n) is 18.1. The molecule has 0 spiro atoms. The van der Waals surface area contributed by atoms with Crippen molar-refractivity contribution in [1.82, 2.24) is 4.90 Å². The molecule has 0 atom stereocenters. The maximum absolute atomic E-state index is 13.4. The first-order valence-electron chi connectivity index (χ1n) is 10.5. The van der Waals surface area contributed by atoms with Crippen LogP contribution in [0, 0.1) is 0 Å². The second-order valence-electron chi connectivity index (χ2n) is 7.69. The molecule has 0 bridgehead atoms. The lowest BCUT2D eigenvalue weighted by atomic mass is 9.93. The van der Waals surface area contributed by atoms with Gasteiger partial charge in [0.15, 0.2) is 18.1 Å². The average molecular weight is 427 g/mol. The van der Waals surface area contributed by atoms with E-state index in [1.54, 1.807) is 37.4 Å². The number of nitrogens with two attached hydrogens (primary N) is 1. The highest BCUT2D eigenvalue weighted by Gasteiger charge is 2.27. The predicted octanol–water partition coefficient (Wildman–Crippen LogP) is 3.54. The largest absolute Gasteiger partial charge is 0.497 e. The molecule has 3 rings (SSSR count). The molecule has 31 heavy (non-hydrogen) atoms. The van der Waals surface area contributed by atoms with Gasteiger partial charge in [-0.25, -0.2) is 0 Å². The van der Waals surface area contributed by atoms with E-state index in [9.17, 15) is 9.59 Å². The van der Waals surface area contributed by atoms with Crippen LogP contribution in [-0.2, 0) is 11.3 Å². The number of rotatable bonds is 9. The Morgan fingerprint density at radius 1 is 0.968 bits per heavy atom. The van der Waals surface area contributed by atoms with E-state index < -0.39 is 5.91 Å². The smallest absolute Gasteiger partial charge is 0.255 e. The summed E-state index contributed by atoms with van der Waals surface area (Å²) in [6.45, 7) is 0.238. The second-order valence-corrected chi connectivity index (χ2v) is 7.69. The molecular weight excluding hydrogens is 396 g/mol. The van der Waals surface area contributed by atoms with Crippen molar-refractivity contribution in [3.63, 3.8) is 0 Å². The van der Waals surface area contributed by atoms with E-state index in [0.717, 1.165) is 37.0 Å². The maximum atomic E-state index is 13.4. The van der Waals surface area contributed by atoms with E-state index in [1.165, 1.54) is 13.5 Å². The number of ether oxygens (including phenoxy) is 3. The van der Waals surface area contributed by atoms with Crippen molar-refractivity contribution in [2.24, 2.45) is 5.73 Å². The Bertz CT molecular complexity index is 891. The molecule has 1 aliphatic carbocycles. The van der Waals surface area contributed by atoms with Gasteiger partial charge in [-0.05, 0) is 54.8 Å². The summed E-state index contributed by atoms with van der Waals surface area (Å²) in [7, 11) is 3.15. The topological polar surface area (TPSA) is 91.1 Å². The Kier molecular flexibility index (Phi) is 7.76. The summed E-state index contributed by atoms with van der Waals surface area (Å²) in [4.78, 5) is 26.4. The Morgan fingerprint density at radius 3 is 2.29 bits per heavy atom. The summed E-state index contributed by atoms with van der Waals surface area (Å²) < 4.78 is 16.0. The van der Waals surface area contributed by atoms with E-state index in [4.69, 9.17) is 19.9 Å². The first-order chi connectivity index (χ1) is 15.0. The third-order valence-corrected chi connectivity index (χ3v) is 5.56. The molecule has 2 aromatic rings. The molecule has 2 amide bonds. The predicted molar refractivity (Wildman–Crippen MR) is 117 cm³/mol. The van der Waals surface area contributed by atoms with Crippen LogP contribution in [0.2, 0.25) is 0 Å². The number of carbonyl (C=O) groups excluding carboxylic acids is 2. The standard InChI is InChI=1S/C24H30N2O5/c1-29-20-11-9-18(10-12-20)24(28)26(19-6-4-3-5-7-19)15-17-8-13-21(22(14-17)30-2)31-16-23(25)27/h8-14,19H,3-7,15-16H2,1-2H3,(H2,25,27). The third-order valence-electron chi connectivity index (χ3n) is 5.56. The molecule has 166 valence electrons. The summed E-state index contributed by atoms with van der Waals surface area (Å²) in [5, 5.41) is 0. The number of methoxy groups -OCH3 is 2. The maximum Gasteiger partial charge on any atom is 0.255 e. The second kappa shape index (κ2) is 10.7. The molecule has 0 heterocycles. The molecular formula is C24H30N2O5. The average Bonchev–Trinajstić information content (AvgIpc) is 2.81. The van der Waals surface area contributed by atoms with Gasteiger partial charge in [0, 0.05) is 18.2 Å². The molecule has 2 N–H and O–H groups in total. The van der Waals surface area contributed by atoms with Crippen molar-refractivity contribution in [2.75, 3.05) is 20.8 Å². The summed E-state index contributed by atoms with van der Waals surface area (Å²) in [5.74, 6) is 1.11.